The van der Waals surface area contributed by atoms with Crippen molar-refractivity contribution in [2.24, 2.45) is 13.0 Å². The summed E-state index contributed by atoms with van der Waals surface area (Å²) in [5.74, 6) is 2.22. The number of anilines is 2. The molecule has 176 valence electrons. The fourth-order valence-corrected chi connectivity index (χ4v) is 4.47. The second kappa shape index (κ2) is 8.58. The van der Waals surface area contributed by atoms with Crippen molar-refractivity contribution in [1.82, 2.24) is 19.5 Å². The third-order valence-corrected chi connectivity index (χ3v) is 6.63. The Bertz CT molecular complexity index is 1520. The standard InChI is InChI=1S/C28H27N5O2/c1-32-9-8-19-10-20(15-30-28(19)32)27-16-29-25-7-6-21(13-26(25)31-27)33(17-18-4-5-18)22-11-23(34-2)14-24(12-22)35-3/h6-16,18H,4-5,17H2,1-3H3. The lowest BCUT2D eigenvalue weighted by atomic mass is 10.1. The Labute approximate surface area is 204 Å². The predicted octanol–water partition coefficient (Wildman–Crippen LogP) is 5.75. The van der Waals surface area contributed by atoms with Crippen LogP contribution in [0.1, 0.15) is 12.8 Å². The highest BCUT2D eigenvalue weighted by molar-refractivity contribution is 5.85. The number of aromatic nitrogens is 4. The van der Waals surface area contributed by atoms with E-state index in [2.05, 4.69) is 46.3 Å². The summed E-state index contributed by atoms with van der Waals surface area (Å²) < 4.78 is 13.1. The van der Waals surface area contributed by atoms with E-state index in [4.69, 9.17) is 19.4 Å². The molecule has 6 rings (SSSR count). The van der Waals surface area contributed by atoms with Crippen molar-refractivity contribution in [2.45, 2.75) is 12.8 Å². The maximum absolute atomic E-state index is 5.53. The van der Waals surface area contributed by atoms with Gasteiger partial charge in [-0.15, -0.1) is 0 Å². The van der Waals surface area contributed by atoms with Crippen molar-refractivity contribution in [2.75, 3.05) is 25.7 Å². The maximum Gasteiger partial charge on any atom is 0.139 e. The molecule has 0 spiro atoms. The van der Waals surface area contributed by atoms with E-state index in [0.29, 0.717) is 5.92 Å². The van der Waals surface area contributed by atoms with Gasteiger partial charge in [-0.05, 0) is 49.1 Å². The van der Waals surface area contributed by atoms with Gasteiger partial charge in [0.1, 0.15) is 17.1 Å². The van der Waals surface area contributed by atoms with E-state index in [9.17, 15) is 0 Å². The summed E-state index contributed by atoms with van der Waals surface area (Å²) in [5, 5.41) is 1.09. The Morgan fingerprint density at radius 3 is 2.43 bits per heavy atom. The van der Waals surface area contributed by atoms with Gasteiger partial charge < -0.3 is 18.9 Å². The van der Waals surface area contributed by atoms with Gasteiger partial charge in [0.15, 0.2) is 0 Å². The third kappa shape index (κ3) is 4.14. The molecule has 1 fully saturated rings. The molecule has 1 aliphatic rings. The van der Waals surface area contributed by atoms with Crippen LogP contribution in [-0.2, 0) is 7.05 Å². The number of fused-ring (bicyclic) bond motifs is 2. The Morgan fingerprint density at radius 2 is 1.69 bits per heavy atom. The molecule has 0 atom stereocenters. The van der Waals surface area contributed by atoms with Crippen LogP contribution in [-0.4, -0.2) is 40.3 Å². The topological polar surface area (TPSA) is 65.3 Å². The number of rotatable bonds is 7. The van der Waals surface area contributed by atoms with E-state index in [1.165, 1.54) is 12.8 Å². The molecule has 1 aliphatic carbocycles. The number of pyridine rings is 1. The van der Waals surface area contributed by atoms with Gasteiger partial charge in [-0.2, -0.15) is 0 Å². The molecule has 0 N–H and O–H groups in total. The van der Waals surface area contributed by atoms with E-state index in [0.717, 1.165) is 62.7 Å². The zero-order valence-electron chi connectivity index (χ0n) is 20.1. The average Bonchev–Trinajstić information content (AvgIpc) is 3.66. The van der Waals surface area contributed by atoms with Crippen molar-refractivity contribution in [3.05, 3.63) is 67.1 Å². The molecule has 0 unspecified atom stereocenters. The summed E-state index contributed by atoms with van der Waals surface area (Å²) in [7, 11) is 5.36. The van der Waals surface area contributed by atoms with Crippen molar-refractivity contribution < 1.29 is 9.47 Å². The van der Waals surface area contributed by atoms with Crippen molar-refractivity contribution in [3.8, 4) is 22.8 Å². The number of aryl methyl sites for hydroxylation is 1. The normalized spacial score (nSPS) is 13.3. The molecule has 3 heterocycles. The van der Waals surface area contributed by atoms with Crippen LogP contribution in [0, 0.1) is 5.92 Å². The zero-order valence-corrected chi connectivity index (χ0v) is 20.1. The van der Waals surface area contributed by atoms with Crippen LogP contribution in [0.4, 0.5) is 11.4 Å². The molecule has 7 heteroatoms. The summed E-state index contributed by atoms with van der Waals surface area (Å²) in [6.07, 6.45) is 8.21. The summed E-state index contributed by atoms with van der Waals surface area (Å²) in [6.45, 7) is 0.934. The largest absolute Gasteiger partial charge is 0.497 e. The molecular weight excluding hydrogens is 438 g/mol. The fraction of sp³-hybridized carbons (Fsp3) is 0.250. The lowest BCUT2D eigenvalue weighted by Gasteiger charge is -2.26. The lowest BCUT2D eigenvalue weighted by Crippen LogP contribution is -2.20. The summed E-state index contributed by atoms with van der Waals surface area (Å²) in [4.78, 5) is 16.6. The van der Waals surface area contributed by atoms with Gasteiger partial charge in [-0.1, -0.05) is 0 Å². The summed E-state index contributed by atoms with van der Waals surface area (Å²) in [6, 6.07) is 16.5. The van der Waals surface area contributed by atoms with Crippen LogP contribution < -0.4 is 14.4 Å². The number of benzene rings is 2. The minimum atomic E-state index is 0.684. The van der Waals surface area contributed by atoms with Crippen LogP contribution in [0.2, 0.25) is 0 Å². The molecule has 0 aliphatic heterocycles. The first kappa shape index (κ1) is 21.4. The Morgan fingerprint density at radius 1 is 0.886 bits per heavy atom. The van der Waals surface area contributed by atoms with Crippen LogP contribution >= 0.6 is 0 Å². The monoisotopic (exact) mass is 465 g/mol. The number of hydrogen-bond donors (Lipinski definition) is 0. The molecule has 3 aromatic heterocycles. The molecule has 7 nitrogen and oxygen atoms in total. The lowest BCUT2D eigenvalue weighted by molar-refractivity contribution is 0.394. The van der Waals surface area contributed by atoms with E-state index in [-0.39, 0.29) is 0 Å². The Balaban J connectivity index is 1.42. The van der Waals surface area contributed by atoms with Crippen molar-refractivity contribution in [3.63, 3.8) is 0 Å². The molecule has 0 saturated heterocycles. The van der Waals surface area contributed by atoms with Crippen LogP contribution in [0.15, 0.2) is 67.1 Å². The van der Waals surface area contributed by atoms with Crippen molar-refractivity contribution in [1.29, 1.82) is 0 Å². The maximum atomic E-state index is 5.53. The highest BCUT2D eigenvalue weighted by Gasteiger charge is 2.26. The summed E-state index contributed by atoms with van der Waals surface area (Å²) >= 11 is 0. The van der Waals surface area contributed by atoms with Gasteiger partial charge in [0.25, 0.3) is 0 Å². The quantitative estimate of drug-likeness (QED) is 0.305. The number of methoxy groups -OCH3 is 2. The first-order valence-electron chi connectivity index (χ1n) is 11.8. The first-order valence-corrected chi connectivity index (χ1v) is 11.8. The molecule has 0 amide bonds. The Hall–Kier alpha value is -4.13. The van der Waals surface area contributed by atoms with Gasteiger partial charge in [0.05, 0.1) is 37.1 Å². The van der Waals surface area contributed by atoms with E-state index in [1.807, 2.05) is 42.3 Å². The van der Waals surface area contributed by atoms with Gasteiger partial charge in [-0.25, -0.2) is 9.97 Å². The second-order valence-electron chi connectivity index (χ2n) is 9.12. The number of ether oxygens (including phenoxy) is 2. The number of hydrogen-bond acceptors (Lipinski definition) is 6. The smallest absolute Gasteiger partial charge is 0.139 e. The van der Waals surface area contributed by atoms with Gasteiger partial charge in [0.2, 0.25) is 0 Å². The van der Waals surface area contributed by atoms with E-state index in [1.54, 1.807) is 14.2 Å². The van der Waals surface area contributed by atoms with Crippen LogP contribution in [0.25, 0.3) is 33.3 Å². The highest BCUT2D eigenvalue weighted by atomic mass is 16.5. The van der Waals surface area contributed by atoms with E-state index < -0.39 is 0 Å². The van der Waals surface area contributed by atoms with Gasteiger partial charge in [-0.3, -0.25) is 4.98 Å². The molecule has 35 heavy (non-hydrogen) atoms. The minimum absolute atomic E-state index is 0.684. The molecular formula is C28H27N5O2. The number of nitrogens with zero attached hydrogens (tertiary/aromatic N) is 5. The predicted molar refractivity (Wildman–Crippen MR) is 139 cm³/mol. The van der Waals surface area contributed by atoms with Crippen molar-refractivity contribution >= 4 is 33.4 Å². The molecule has 0 bridgehead atoms. The van der Waals surface area contributed by atoms with Crippen LogP contribution in [0.3, 0.4) is 0 Å². The SMILES string of the molecule is COc1cc(OC)cc(N(CC2CC2)c2ccc3ncc(-c4cnc5c(ccn5C)c4)nc3c2)c1. The second-order valence-corrected chi connectivity index (χ2v) is 9.12. The zero-order chi connectivity index (χ0) is 23.9. The first-order chi connectivity index (χ1) is 17.1. The molecule has 0 radical (unpaired) electrons. The third-order valence-electron chi connectivity index (χ3n) is 6.63. The van der Waals surface area contributed by atoms with Gasteiger partial charge in [0, 0.05) is 66.5 Å². The fourth-order valence-electron chi connectivity index (χ4n) is 4.47. The van der Waals surface area contributed by atoms with E-state index >= 15 is 0 Å². The Kier molecular flexibility index (Phi) is 5.25. The summed E-state index contributed by atoms with van der Waals surface area (Å²) in [5.41, 5.74) is 6.54. The average molecular weight is 466 g/mol. The molecule has 1 saturated carbocycles. The van der Waals surface area contributed by atoms with Crippen LogP contribution in [0.5, 0.6) is 11.5 Å². The highest BCUT2D eigenvalue weighted by Crippen LogP contribution is 2.38. The van der Waals surface area contributed by atoms with Gasteiger partial charge >= 0.3 is 0 Å². The minimum Gasteiger partial charge on any atom is -0.497 e. The molecule has 5 aromatic rings. The molecule has 2 aromatic carbocycles.